The van der Waals surface area contributed by atoms with Crippen LogP contribution in [0, 0.1) is 6.92 Å². The zero-order valence-corrected chi connectivity index (χ0v) is 21.9. The zero-order valence-electron chi connectivity index (χ0n) is 21.1. The number of carbonyl (C=O) groups excluding carboxylic acids is 4. The molecule has 0 saturated carbocycles. The van der Waals surface area contributed by atoms with Gasteiger partial charge < -0.3 is 14.4 Å². The number of fused-ring (bicyclic) bond motifs is 1. The van der Waals surface area contributed by atoms with Gasteiger partial charge in [0.15, 0.2) is 0 Å². The van der Waals surface area contributed by atoms with E-state index in [9.17, 15) is 19.2 Å². The fraction of sp³-hybridized carbons (Fsp3) is 0.407. The van der Waals surface area contributed by atoms with Gasteiger partial charge in [0.05, 0.1) is 36.8 Å². The molecule has 8 nitrogen and oxygen atoms in total. The van der Waals surface area contributed by atoms with Crippen LogP contribution in [0.5, 0.6) is 0 Å². The number of nitrogens with zero attached hydrogens (tertiary/aromatic N) is 2. The molecule has 3 heterocycles. The minimum atomic E-state index is -1.35. The predicted molar refractivity (Wildman–Crippen MR) is 137 cm³/mol. The fourth-order valence-corrected chi connectivity index (χ4v) is 7.27. The number of aryl methyl sites for hydroxylation is 1. The van der Waals surface area contributed by atoms with Crippen LogP contribution in [0.15, 0.2) is 30.3 Å². The summed E-state index contributed by atoms with van der Waals surface area (Å²) in [5, 5.41) is 0. The molecule has 1 fully saturated rings. The second-order valence-corrected chi connectivity index (χ2v) is 11.4. The summed E-state index contributed by atoms with van der Waals surface area (Å²) in [5.41, 5.74) is 3.69. The number of anilines is 2. The summed E-state index contributed by atoms with van der Waals surface area (Å²) in [6.45, 7) is 8.25. The Hall–Kier alpha value is -3.33. The molecule has 188 valence electrons. The van der Waals surface area contributed by atoms with Gasteiger partial charge in [0, 0.05) is 16.8 Å². The van der Waals surface area contributed by atoms with Crippen LogP contribution in [-0.4, -0.2) is 49.3 Å². The molecule has 0 bridgehead atoms. The van der Waals surface area contributed by atoms with Crippen LogP contribution in [-0.2, 0) is 23.9 Å². The number of carbonyl (C=O) groups is 4. The van der Waals surface area contributed by atoms with E-state index in [0.717, 1.165) is 28.8 Å². The van der Waals surface area contributed by atoms with E-state index in [-0.39, 0.29) is 40.3 Å². The highest BCUT2D eigenvalue weighted by molar-refractivity contribution is 8.02. The molecule has 5 rings (SSSR count). The quantitative estimate of drug-likeness (QED) is 0.576. The molecule has 3 aliphatic heterocycles. The van der Waals surface area contributed by atoms with E-state index in [1.54, 1.807) is 0 Å². The van der Waals surface area contributed by atoms with Crippen molar-refractivity contribution in [1.82, 2.24) is 0 Å². The van der Waals surface area contributed by atoms with Gasteiger partial charge in [-0.25, -0.2) is 9.59 Å². The van der Waals surface area contributed by atoms with E-state index in [4.69, 9.17) is 9.47 Å². The maximum atomic E-state index is 14.4. The minimum absolute atomic E-state index is 0.0777. The number of thioether (sulfide) groups is 1. The number of hydrogen-bond donors (Lipinski definition) is 0. The maximum absolute atomic E-state index is 14.4. The Bertz CT molecular complexity index is 1320. The van der Waals surface area contributed by atoms with Crippen molar-refractivity contribution in [3.05, 3.63) is 58.1 Å². The summed E-state index contributed by atoms with van der Waals surface area (Å²) < 4.78 is 9.76. The van der Waals surface area contributed by atoms with Crippen LogP contribution in [0.25, 0.3) is 0 Å². The van der Waals surface area contributed by atoms with Crippen molar-refractivity contribution in [2.45, 2.75) is 50.4 Å². The van der Waals surface area contributed by atoms with Crippen LogP contribution < -0.4 is 9.80 Å². The van der Waals surface area contributed by atoms with Gasteiger partial charge in [0.1, 0.15) is 0 Å². The summed E-state index contributed by atoms with van der Waals surface area (Å²) in [7, 11) is 2.48. The van der Waals surface area contributed by atoms with Crippen molar-refractivity contribution in [1.29, 1.82) is 0 Å². The Kier molecular flexibility index (Phi) is 5.48. The first-order valence-electron chi connectivity index (χ1n) is 11.7. The minimum Gasteiger partial charge on any atom is -0.465 e. The fourth-order valence-electron chi connectivity index (χ4n) is 5.95. The van der Waals surface area contributed by atoms with Crippen LogP contribution in [0.2, 0.25) is 0 Å². The molecule has 2 atom stereocenters. The molecule has 2 amide bonds. The number of methoxy groups -OCH3 is 2. The van der Waals surface area contributed by atoms with Crippen molar-refractivity contribution < 1.29 is 28.7 Å². The lowest BCUT2D eigenvalue weighted by molar-refractivity contribution is -0.124. The van der Waals surface area contributed by atoms with E-state index < -0.39 is 22.3 Å². The Labute approximate surface area is 213 Å². The topological polar surface area (TPSA) is 93.2 Å². The molecular weight excluding hydrogens is 480 g/mol. The van der Waals surface area contributed by atoms with E-state index in [1.807, 2.05) is 31.7 Å². The summed E-state index contributed by atoms with van der Waals surface area (Å²) in [6, 6.07) is 8.44. The largest absolute Gasteiger partial charge is 0.465 e. The van der Waals surface area contributed by atoms with Gasteiger partial charge in [0.2, 0.25) is 10.8 Å². The van der Waals surface area contributed by atoms with Crippen LogP contribution in [0.4, 0.5) is 11.4 Å². The molecule has 3 aliphatic rings. The van der Waals surface area contributed by atoms with E-state index in [0.29, 0.717) is 0 Å². The van der Waals surface area contributed by atoms with Gasteiger partial charge in [-0.3, -0.25) is 14.5 Å². The number of ether oxygens (including phenoxy) is 2. The normalized spacial score (nSPS) is 23.8. The monoisotopic (exact) mass is 508 g/mol. The van der Waals surface area contributed by atoms with Crippen molar-refractivity contribution in [3.8, 4) is 0 Å². The first kappa shape index (κ1) is 24.4. The van der Waals surface area contributed by atoms with Crippen molar-refractivity contribution in [2.24, 2.45) is 0 Å². The van der Waals surface area contributed by atoms with Crippen molar-refractivity contribution in [3.63, 3.8) is 0 Å². The lowest BCUT2D eigenvalue weighted by atomic mass is 9.80. The second kappa shape index (κ2) is 8.09. The van der Waals surface area contributed by atoms with Gasteiger partial charge in [-0.15, -0.1) is 11.8 Å². The Morgan fingerprint density at radius 3 is 2.17 bits per heavy atom. The van der Waals surface area contributed by atoms with Crippen LogP contribution >= 0.6 is 11.8 Å². The molecule has 2 unspecified atom stereocenters. The zero-order chi connectivity index (χ0) is 26.2. The lowest BCUT2D eigenvalue weighted by Crippen LogP contribution is -2.56. The predicted octanol–water partition coefficient (Wildman–Crippen LogP) is 4.13. The van der Waals surface area contributed by atoms with Gasteiger partial charge in [-0.2, -0.15) is 0 Å². The molecule has 2 aromatic rings. The third-order valence-electron chi connectivity index (χ3n) is 7.29. The lowest BCUT2D eigenvalue weighted by Gasteiger charge is -2.44. The highest BCUT2D eigenvalue weighted by atomic mass is 32.2. The standard InChI is InChI=1S/C27H28N2O6S/c1-14-7-19-15(2)12-26(3,4)29-22(19)20(8-14)27(25(29)33)28(21(30)13-36-27)18-10-16(23(31)34-5)9-17(11-18)24(32)35-6/h7-11,15H,12-13H2,1-6H3. The first-order chi connectivity index (χ1) is 17.0. The molecule has 9 heteroatoms. The number of amides is 2. The maximum Gasteiger partial charge on any atom is 0.337 e. The molecule has 0 aromatic heterocycles. The van der Waals surface area contributed by atoms with E-state index in [1.165, 1.54) is 49.1 Å². The van der Waals surface area contributed by atoms with Gasteiger partial charge >= 0.3 is 11.9 Å². The molecule has 1 saturated heterocycles. The van der Waals surface area contributed by atoms with Crippen LogP contribution in [0.1, 0.15) is 70.5 Å². The van der Waals surface area contributed by atoms with Gasteiger partial charge in [-0.1, -0.05) is 24.6 Å². The summed E-state index contributed by atoms with van der Waals surface area (Å²) >= 11 is 1.27. The van der Waals surface area contributed by atoms with Crippen LogP contribution in [0.3, 0.4) is 0 Å². The molecule has 36 heavy (non-hydrogen) atoms. The average molecular weight is 509 g/mol. The Morgan fingerprint density at radius 1 is 0.972 bits per heavy atom. The number of hydrogen-bond acceptors (Lipinski definition) is 7. The number of benzene rings is 2. The molecule has 0 radical (unpaired) electrons. The second-order valence-electron chi connectivity index (χ2n) is 10.2. The molecule has 1 spiro atoms. The highest BCUT2D eigenvalue weighted by Crippen LogP contribution is 2.61. The van der Waals surface area contributed by atoms with Crippen molar-refractivity contribution >= 4 is 46.9 Å². The summed E-state index contributed by atoms with van der Waals surface area (Å²) in [4.78, 5) is 54.8. The van der Waals surface area contributed by atoms with Gasteiger partial charge in [-0.05, 0) is 56.9 Å². The number of esters is 2. The Morgan fingerprint density at radius 2 is 1.58 bits per heavy atom. The molecule has 2 aromatic carbocycles. The Balaban J connectivity index is 1.79. The first-order valence-corrected chi connectivity index (χ1v) is 12.7. The molecular formula is C27H28N2O6S. The SMILES string of the molecule is COC(=O)c1cc(C(=O)OC)cc(N2C(=O)CSC23C(=O)N2c4c(cc(C)cc43)C(C)CC2(C)C)c1. The summed E-state index contributed by atoms with van der Waals surface area (Å²) in [6.07, 6.45) is 0.785. The van der Waals surface area contributed by atoms with Gasteiger partial charge in [0.25, 0.3) is 5.91 Å². The summed E-state index contributed by atoms with van der Waals surface area (Å²) in [5.74, 6) is -1.50. The molecule has 0 aliphatic carbocycles. The number of rotatable bonds is 3. The van der Waals surface area contributed by atoms with E-state index in [2.05, 4.69) is 13.0 Å². The smallest absolute Gasteiger partial charge is 0.337 e. The van der Waals surface area contributed by atoms with Crippen molar-refractivity contribution in [2.75, 3.05) is 29.8 Å². The molecule has 0 N–H and O–H groups in total. The third-order valence-corrected chi connectivity index (χ3v) is 8.68. The average Bonchev–Trinajstić information content (AvgIpc) is 3.31. The third kappa shape index (κ3) is 3.21. The van der Waals surface area contributed by atoms with E-state index >= 15 is 0 Å². The highest BCUT2D eigenvalue weighted by Gasteiger charge is 2.64.